The Kier molecular flexibility index (Phi) is 3.85. The van der Waals surface area contributed by atoms with Gasteiger partial charge in [-0.3, -0.25) is 0 Å². The second-order valence-electron chi connectivity index (χ2n) is 5.32. The van der Waals surface area contributed by atoms with Crippen molar-refractivity contribution in [2.45, 2.75) is 32.2 Å². The highest BCUT2D eigenvalue weighted by Crippen LogP contribution is 2.50. The summed E-state index contributed by atoms with van der Waals surface area (Å²) in [6.07, 6.45) is 4.02. The van der Waals surface area contributed by atoms with Crippen molar-refractivity contribution in [1.82, 2.24) is 10.6 Å². The van der Waals surface area contributed by atoms with E-state index in [0.29, 0.717) is 11.5 Å². The molecular weight excluding hydrogens is 208 g/mol. The van der Waals surface area contributed by atoms with Crippen molar-refractivity contribution < 1.29 is 0 Å². The molecule has 17 heavy (non-hydrogen) atoms. The fourth-order valence-corrected chi connectivity index (χ4v) is 3.25. The smallest absolute Gasteiger partial charge is 0.0389 e. The van der Waals surface area contributed by atoms with Gasteiger partial charge in [0.15, 0.2) is 0 Å². The Morgan fingerprint density at radius 2 is 1.94 bits per heavy atom. The zero-order chi connectivity index (χ0) is 12.3. The highest BCUT2D eigenvalue weighted by molar-refractivity contribution is 5.31. The molecule has 2 rings (SSSR count). The Hall–Kier alpha value is -0.860. The Balaban J connectivity index is 2.29. The minimum atomic E-state index is 0.412. The van der Waals surface area contributed by atoms with E-state index in [1.165, 1.54) is 30.4 Å². The van der Waals surface area contributed by atoms with Crippen LogP contribution in [0.15, 0.2) is 24.3 Å². The molecule has 0 heterocycles. The average Bonchev–Trinajstić information content (AvgIpc) is 2.29. The van der Waals surface area contributed by atoms with Gasteiger partial charge in [0.2, 0.25) is 0 Å². The van der Waals surface area contributed by atoms with Crippen LogP contribution in [0.5, 0.6) is 0 Å². The molecule has 94 valence electrons. The van der Waals surface area contributed by atoms with E-state index in [-0.39, 0.29) is 0 Å². The normalized spacial score (nSPS) is 19.7. The van der Waals surface area contributed by atoms with Crippen molar-refractivity contribution in [3.8, 4) is 0 Å². The monoisotopic (exact) mass is 232 g/mol. The molecule has 1 aromatic carbocycles. The van der Waals surface area contributed by atoms with Crippen molar-refractivity contribution in [2.24, 2.45) is 5.41 Å². The van der Waals surface area contributed by atoms with Crippen LogP contribution in [0.1, 0.15) is 36.4 Å². The van der Waals surface area contributed by atoms with Gasteiger partial charge in [0, 0.05) is 18.0 Å². The van der Waals surface area contributed by atoms with Gasteiger partial charge in [-0.1, -0.05) is 30.7 Å². The molecule has 0 amide bonds. The second kappa shape index (κ2) is 5.19. The first kappa shape index (κ1) is 12.6. The lowest BCUT2D eigenvalue weighted by Gasteiger charge is -2.48. The van der Waals surface area contributed by atoms with Crippen LogP contribution in [0.4, 0.5) is 0 Å². The van der Waals surface area contributed by atoms with Gasteiger partial charge < -0.3 is 10.6 Å². The Bertz CT molecular complexity index is 369. The van der Waals surface area contributed by atoms with Gasteiger partial charge in [0.1, 0.15) is 0 Å². The van der Waals surface area contributed by atoms with Crippen molar-refractivity contribution in [2.75, 3.05) is 20.6 Å². The van der Waals surface area contributed by atoms with E-state index in [2.05, 4.69) is 55.9 Å². The third kappa shape index (κ3) is 2.24. The quantitative estimate of drug-likeness (QED) is 0.815. The zero-order valence-electron chi connectivity index (χ0n) is 11.2. The predicted octanol–water partition coefficient (Wildman–Crippen LogP) is 2.65. The van der Waals surface area contributed by atoms with E-state index in [0.717, 1.165) is 6.54 Å². The number of nitrogens with one attached hydrogen (secondary N) is 2. The minimum absolute atomic E-state index is 0.412. The summed E-state index contributed by atoms with van der Waals surface area (Å²) in [6, 6.07) is 9.23. The van der Waals surface area contributed by atoms with Crippen LogP contribution in [-0.4, -0.2) is 20.6 Å². The van der Waals surface area contributed by atoms with Gasteiger partial charge in [-0.25, -0.2) is 0 Å². The minimum Gasteiger partial charge on any atom is -0.319 e. The highest BCUT2D eigenvalue weighted by atomic mass is 14.9. The van der Waals surface area contributed by atoms with E-state index >= 15 is 0 Å². The molecule has 1 unspecified atom stereocenters. The molecule has 2 nitrogen and oxygen atoms in total. The lowest BCUT2D eigenvalue weighted by molar-refractivity contribution is 0.0786. The third-order valence-electron chi connectivity index (χ3n) is 4.28. The van der Waals surface area contributed by atoms with Gasteiger partial charge in [0.25, 0.3) is 0 Å². The van der Waals surface area contributed by atoms with Gasteiger partial charge in [-0.15, -0.1) is 0 Å². The Morgan fingerprint density at radius 1 is 1.24 bits per heavy atom. The standard InChI is InChI=1S/C15H24N2/c1-12-7-4-5-8-13(12)14(17-3)15(11-16-2)9-6-10-15/h4-5,7-8,14,16-17H,6,9-11H2,1-3H3. The molecule has 1 aromatic rings. The van der Waals surface area contributed by atoms with Crippen LogP contribution in [0.3, 0.4) is 0 Å². The van der Waals surface area contributed by atoms with Crippen LogP contribution in [0, 0.1) is 12.3 Å². The molecule has 2 heteroatoms. The van der Waals surface area contributed by atoms with E-state index in [9.17, 15) is 0 Å². The fraction of sp³-hybridized carbons (Fsp3) is 0.600. The average molecular weight is 232 g/mol. The summed E-state index contributed by atoms with van der Waals surface area (Å²) in [5.74, 6) is 0. The Labute approximate surface area is 105 Å². The number of rotatable bonds is 5. The summed E-state index contributed by atoms with van der Waals surface area (Å²) < 4.78 is 0. The molecule has 0 aliphatic heterocycles. The van der Waals surface area contributed by atoms with Gasteiger partial charge >= 0.3 is 0 Å². The predicted molar refractivity (Wildman–Crippen MR) is 73.2 cm³/mol. The van der Waals surface area contributed by atoms with E-state index < -0.39 is 0 Å². The summed E-state index contributed by atoms with van der Waals surface area (Å²) >= 11 is 0. The molecular formula is C15H24N2. The van der Waals surface area contributed by atoms with Crippen LogP contribution >= 0.6 is 0 Å². The molecule has 0 aromatic heterocycles. The first-order valence-corrected chi connectivity index (χ1v) is 6.61. The van der Waals surface area contributed by atoms with E-state index in [1.807, 2.05) is 0 Å². The summed E-state index contributed by atoms with van der Waals surface area (Å²) in [5.41, 5.74) is 3.27. The largest absolute Gasteiger partial charge is 0.319 e. The zero-order valence-corrected chi connectivity index (χ0v) is 11.2. The first-order chi connectivity index (χ1) is 8.23. The fourth-order valence-electron chi connectivity index (χ4n) is 3.25. The van der Waals surface area contributed by atoms with Crippen LogP contribution in [0.2, 0.25) is 0 Å². The van der Waals surface area contributed by atoms with Crippen LogP contribution in [0.25, 0.3) is 0 Å². The van der Waals surface area contributed by atoms with Crippen LogP contribution in [-0.2, 0) is 0 Å². The maximum Gasteiger partial charge on any atom is 0.0389 e. The molecule has 1 fully saturated rings. The lowest BCUT2D eigenvalue weighted by atomic mass is 9.62. The maximum absolute atomic E-state index is 3.55. The SMILES string of the molecule is CNCC1(C(NC)c2ccccc2C)CCC1. The third-order valence-corrected chi connectivity index (χ3v) is 4.28. The highest BCUT2D eigenvalue weighted by Gasteiger charge is 2.43. The van der Waals surface area contributed by atoms with Crippen molar-refractivity contribution in [1.29, 1.82) is 0 Å². The van der Waals surface area contributed by atoms with Crippen molar-refractivity contribution in [3.63, 3.8) is 0 Å². The summed E-state index contributed by atoms with van der Waals surface area (Å²) in [6.45, 7) is 3.32. The molecule has 1 atom stereocenters. The number of hydrogen-bond donors (Lipinski definition) is 2. The molecule has 1 aliphatic rings. The van der Waals surface area contributed by atoms with Crippen LogP contribution < -0.4 is 10.6 Å². The lowest BCUT2D eigenvalue weighted by Crippen LogP contribution is -2.48. The number of benzene rings is 1. The summed E-state index contributed by atoms with van der Waals surface area (Å²) in [7, 11) is 4.15. The molecule has 0 radical (unpaired) electrons. The Morgan fingerprint density at radius 3 is 2.41 bits per heavy atom. The molecule has 1 saturated carbocycles. The summed E-state index contributed by atoms with van der Waals surface area (Å²) in [5, 5.41) is 6.92. The number of hydrogen-bond acceptors (Lipinski definition) is 2. The van der Waals surface area contributed by atoms with Gasteiger partial charge in [-0.05, 0) is 45.0 Å². The van der Waals surface area contributed by atoms with E-state index in [1.54, 1.807) is 0 Å². The van der Waals surface area contributed by atoms with E-state index in [4.69, 9.17) is 0 Å². The topological polar surface area (TPSA) is 24.1 Å². The number of aryl methyl sites for hydroxylation is 1. The second-order valence-corrected chi connectivity index (χ2v) is 5.32. The molecule has 0 saturated heterocycles. The summed E-state index contributed by atoms with van der Waals surface area (Å²) in [4.78, 5) is 0. The molecule has 0 bridgehead atoms. The van der Waals surface area contributed by atoms with Gasteiger partial charge in [-0.2, -0.15) is 0 Å². The molecule has 0 spiro atoms. The van der Waals surface area contributed by atoms with Crippen molar-refractivity contribution >= 4 is 0 Å². The first-order valence-electron chi connectivity index (χ1n) is 6.61. The molecule has 2 N–H and O–H groups in total. The maximum atomic E-state index is 3.55. The molecule has 1 aliphatic carbocycles. The van der Waals surface area contributed by atoms with Gasteiger partial charge in [0.05, 0.1) is 0 Å². The van der Waals surface area contributed by atoms with Crippen molar-refractivity contribution in [3.05, 3.63) is 35.4 Å².